The van der Waals surface area contributed by atoms with Crippen LogP contribution in [0.2, 0.25) is 5.15 Å². The molecule has 0 radical (unpaired) electrons. The Labute approximate surface area is 121 Å². The molecule has 102 valence electrons. The maximum absolute atomic E-state index is 12.3. The highest BCUT2D eigenvalue weighted by Gasteiger charge is 2.21. The number of hydrogen-bond acceptors (Lipinski definition) is 5. The standard InChI is InChI=1S/C12H9ClN4O2S/c1-8-4-6-16-12(13)11(8)17-20(18,19)10-3-2-5-15-9(10)7-14/h2-6,17H,1H3. The van der Waals surface area contributed by atoms with E-state index in [1.165, 1.54) is 24.5 Å². The molecule has 2 rings (SSSR count). The number of anilines is 1. The number of aryl methyl sites for hydroxylation is 1. The van der Waals surface area contributed by atoms with Crippen molar-refractivity contribution in [1.82, 2.24) is 9.97 Å². The Morgan fingerprint density at radius 1 is 1.30 bits per heavy atom. The molecule has 0 unspecified atom stereocenters. The van der Waals surface area contributed by atoms with Gasteiger partial charge >= 0.3 is 0 Å². The van der Waals surface area contributed by atoms with Gasteiger partial charge in [0.25, 0.3) is 10.0 Å². The van der Waals surface area contributed by atoms with Crippen molar-refractivity contribution in [2.75, 3.05) is 4.72 Å². The largest absolute Gasteiger partial charge is 0.276 e. The highest BCUT2D eigenvalue weighted by molar-refractivity contribution is 7.92. The Hall–Kier alpha value is -2.17. The van der Waals surface area contributed by atoms with Crippen molar-refractivity contribution in [2.24, 2.45) is 0 Å². The number of nitrogens with zero attached hydrogens (tertiary/aromatic N) is 3. The molecule has 0 atom stereocenters. The quantitative estimate of drug-likeness (QED) is 0.876. The zero-order valence-corrected chi connectivity index (χ0v) is 11.9. The molecule has 2 aromatic heterocycles. The second-order valence-electron chi connectivity index (χ2n) is 3.86. The first-order chi connectivity index (χ1) is 9.45. The van der Waals surface area contributed by atoms with Crippen LogP contribution in [-0.4, -0.2) is 18.4 Å². The molecule has 0 aromatic carbocycles. The summed E-state index contributed by atoms with van der Waals surface area (Å²) in [5, 5.41) is 8.95. The maximum atomic E-state index is 12.3. The Morgan fingerprint density at radius 2 is 2.05 bits per heavy atom. The average Bonchev–Trinajstić information content (AvgIpc) is 2.43. The summed E-state index contributed by atoms with van der Waals surface area (Å²) in [7, 11) is -3.96. The molecule has 8 heteroatoms. The van der Waals surface area contributed by atoms with E-state index in [9.17, 15) is 8.42 Å². The van der Waals surface area contributed by atoms with Crippen LogP contribution < -0.4 is 4.72 Å². The van der Waals surface area contributed by atoms with E-state index in [1.54, 1.807) is 19.1 Å². The topological polar surface area (TPSA) is 95.7 Å². The normalized spacial score (nSPS) is 10.8. The number of nitriles is 1. The highest BCUT2D eigenvalue weighted by atomic mass is 35.5. The monoisotopic (exact) mass is 308 g/mol. The summed E-state index contributed by atoms with van der Waals surface area (Å²) in [5.41, 5.74) is 0.621. The molecule has 6 nitrogen and oxygen atoms in total. The molecule has 0 saturated heterocycles. The zero-order valence-electron chi connectivity index (χ0n) is 10.3. The van der Waals surface area contributed by atoms with E-state index in [2.05, 4.69) is 14.7 Å². The summed E-state index contributed by atoms with van der Waals surface area (Å²) >= 11 is 5.88. The molecule has 0 aliphatic carbocycles. The summed E-state index contributed by atoms with van der Waals surface area (Å²) in [6.45, 7) is 1.69. The molecule has 20 heavy (non-hydrogen) atoms. The van der Waals surface area contributed by atoms with Gasteiger partial charge in [-0.3, -0.25) is 4.72 Å². The van der Waals surface area contributed by atoms with Gasteiger partial charge in [0.15, 0.2) is 10.8 Å². The molecule has 2 aromatic rings. The molecule has 0 amide bonds. The van der Waals surface area contributed by atoms with E-state index in [0.29, 0.717) is 5.56 Å². The van der Waals surface area contributed by atoms with Gasteiger partial charge in [-0.2, -0.15) is 5.26 Å². The Morgan fingerprint density at radius 3 is 2.70 bits per heavy atom. The fourth-order valence-electron chi connectivity index (χ4n) is 1.53. The molecule has 0 bridgehead atoms. The third kappa shape index (κ3) is 2.71. The summed E-state index contributed by atoms with van der Waals surface area (Å²) in [6, 6.07) is 6.10. The Bertz CT molecular complexity index is 779. The lowest BCUT2D eigenvalue weighted by Gasteiger charge is -2.11. The lowest BCUT2D eigenvalue weighted by atomic mass is 10.3. The molecule has 0 fully saturated rings. The van der Waals surface area contributed by atoms with E-state index in [-0.39, 0.29) is 21.4 Å². The van der Waals surface area contributed by atoms with Gasteiger partial charge in [0.05, 0.1) is 5.69 Å². The van der Waals surface area contributed by atoms with Crippen molar-refractivity contribution in [3.8, 4) is 6.07 Å². The molecular weight excluding hydrogens is 300 g/mol. The molecule has 2 heterocycles. The lowest BCUT2D eigenvalue weighted by molar-refractivity contribution is 0.600. The number of halogens is 1. The highest BCUT2D eigenvalue weighted by Crippen LogP contribution is 2.26. The van der Waals surface area contributed by atoms with Crippen LogP contribution in [0.5, 0.6) is 0 Å². The second kappa shape index (κ2) is 5.45. The molecule has 0 spiro atoms. The van der Waals surface area contributed by atoms with E-state index < -0.39 is 10.0 Å². The summed E-state index contributed by atoms with van der Waals surface area (Å²) in [4.78, 5) is 7.33. The van der Waals surface area contributed by atoms with Gasteiger partial charge in [-0.1, -0.05) is 11.6 Å². The van der Waals surface area contributed by atoms with Crippen molar-refractivity contribution in [3.05, 3.63) is 47.0 Å². The van der Waals surface area contributed by atoms with Gasteiger partial charge in [-0.15, -0.1) is 0 Å². The van der Waals surface area contributed by atoms with Crippen LogP contribution in [0.4, 0.5) is 5.69 Å². The average molecular weight is 309 g/mol. The van der Waals surface area contributed by atoms with Gasteiger partial charge in [0.1, 0.15) is 11.0 Å². The third-order valence-electron chi connectivity index (χ3n) is 2.52. The van der Waals surface area contributed by atoms with Crippen molar-refractivity contribution in [2.45, 2.75) is 11.8 Å². The van der Waals surface area contributed by atoms with Gasteiger partial charge in [0.2, 0.25) is 0 Å². The first kappa shape index (κ1) is 14.2. The van der Waals surface area contributed by atoms with Crippen LogP contribution in [0.1, 0.15) is 11.3 Å². The number of nitrogens with one attached hydrogen (secondary N) is 1. The number of hydrogen-bond donors (Lipinski definition) is 1. The van der Waals surface area contributed by atoms with Crippen LogP contribution >= 0.6 is 11.6 Å². The second-order valence-corrected chi connectivity index (χ2v) is 5.87. The number of pyridine rings is 2. The maximum Gasteiger partial charge on any atom is 0.264 e. The van der Waals surface area contributed by atoms with Crippen molar-refractivity contribution < 1.29 is 8.42 Å². The predicted octanol–water partition coefficient (Wildman–Crippen LogP) is 2.11. The minimum absolute atomic E-state index is 0.0379. The summed E-state index contributed by atoms with van der Waals surface area (Å²) < 4.78 is 26.9. The zero-order chi connectivity index (χ0) is 14.8. The molecule has 0 aliphatic rings. The van der Waals surface area contributed by atoms with E-state index in [0.717, 1.165) is 0 Å². The van der Waals surface area contributed by atoms with Gasteiger partial charge in [-0.05, 0) is 30.7 Å². The Balaban J connectivity index is 2.50. The number of sulfonamides is 1. The summed E-state index contributed by atoms with van der Waals surface area (Å²) in [5.74, 6) is 0. The Kier molecular flexibility index (Phi) is 3.88. The molecule has 0 aliphatic heterocycles. The van der Waals surface area contributed by atoms with Crippen molar-refractivity contribution in [3.63, 3.8) is 0 Å². The lowest BCUT2D eigenvalue weighted by Crippen LogP contribution is -2.16. The first-order valence-electron chi connectivity index (χ1n) is 5.45. The molecule has 0 saturated carbocycles. The van der Waals surface area contributed by atoms with E-state index >= 15 is 0 Å². The van der Waals surface area contributed by atoms with Crippen LogP contribution in [0.15, 0.2) is 35.5 Å². The van der Waals surface area contributed by atoms with E-state index in [1.807, 2.05) is 0 Å². The molecular formula is C12H9ClN4O2S. The van der Waals surface area contributed by atoms with E-state index in [4.69, 9.17) is 16.9 Å². The minimum Gasteiger partial charge on any atom is -0.276 e. The number of rotatable bonds is 3. The SMILES string of the molecule is Cc1ccnc(Cl)c1NS(=O)(=O)c1cccnc1C#N. The van der Waals surface area contributed by atoms with Crippen LogP contribution in [0.3, 0.4) is 0 Å². The van der Waals surface area contributed by atoms with Crippen molar-refractivity contribution >= 4 is 27.3 Å². The fraction of sp³-hybridized carbons (Fsp3) is 0.0833. The summed E-state index contributed by atoms with van der Waals surface area (Å²) in [6.07, 6.45) is 2.82. The predicted molar refractivity (Wildman–Crippen MR) is 73.7 cm³/mol. The molecule has 1 N–H and O–H groups in total. The minimum atomic E-state index is -3.96. The van der Waals surface area contributed by atoms with Crippen LogP contribution in [0, 0.1) is 18.3 Å². The number of aromatic nitrogens is 2. The van der Waals surface area contributed by atoms with Gasteiger partial charge < -0.3 is 0 Å². The van der Waals surface area contributed by atoms with Crippen molar-refractivity contribution in [1.29, 1.82) is 5.26 Å². The van der Waals surface area contributed by atoms with Crippen LogP contribution in [-0.2, 0) is 10.0 Å². The van der Waals surface area contributed by atoms with Gasteiger partial charge in [0, 0.05) is 12.4 Å². The van der Waals surface area contributed by atoms with Gasteiger partial charge in [-0.25, -0.2) is 18.4 Å². The fourth-order valence-corrected chi connectivity index (χ4v) is 3.08. The smallest absolute Gasteiger partial charge is 0.264 e. The first-order valence-corrected chi connectivity index (χ1v) is 7.31. The third-order valence-corrected chi connectivity index (χ3v) is 4.18. The van der Waals surface area contributed by atoms with Crippen LogP contribution in [0.25, 0.3) is 0 Å².